The van der Waals surface area contributed by atoms with Crippen molar-refractivity contribution >= 4 is 6.09 Å². The second kappa shape index (κ2) is 3.86. The minimum absolute atomic E-state index is 0.110. The Morgan fingerprint density at radius 2 is 1.83 bits per heavy atom. The van der Waals surface area contributed by atoms with Crippen LogP contribution < -0.4 is 0 Å². The van der Waals surface area contributed by atoms with Crippen LogP contribution in [-0.2, 0) is 4.74 Å². The number of fused-ring (bicyclic) bond motifs is 1. The first-order valence-electron chi connectivity index (χ1n) is 7.03. The average Bonchev–Trinajstić information content (AvgIpc) is 3.14. The van der Waals surface area contributed by atoms with Gasteiger partial charge in [-0.1, -0.05) is 0 Å². The van der Waals surface area contributed by atoms with Crippen molar-refractivity contribution in [3.8, 4) is 0 Å². The number of aliphatic hydroxyl groups excluding tert-OH is 1. The molecular weight excluding hydrogens is 230 g/mol. The number of carbonyl (C=O) groups is 1. The van der Waals surface area contributed by atoms with Crippen molar-refractivity contribution in [1.82, 2.24) is 4.90 Å². The number of nitrogens with zero attached hydrogens (tertiary/aromatic N) is 1. The van der Waals surface area contributed by atoms with E-state index in [4.69, 9.17) is 4.74 Å². The first-order valence-corrected chi connectivity index (χ1v) is 7.03. The normalized spacial score (nSPS) is 36.2. The summed E-state index contributed by atoms with van der Waals surface area (Å²) >= 11 is 0. The zero-order valence-electron chi connectivity index (χ0n) is 11.4. The highest BCUT2D eigenvalue weighted by Gasteiger charge is 2.61. The predicted molar refractivity (Wildman–Crippen MR) is 67.0 cm³/mol. The number of hydrogen-bond acceptors (Lipinski definition) is 3. The number of piperidine rings is 1. The van der Waals surface area contributed by atoms with Crippen molar-refractivity contribution in [2.75, 3.05) is 13.1 Å². The number of aliphatic hydroxyl groups is 1. The minimum Gasteiger partial charge on any atom is -0.444 e. The van der Waals surface area contributed by atoms with E-state index in [1.807, 2.05) is 20.8 Å². The van der Waals surface area contributed by atoms with Gasteiger partial charge < -0.3 is 14.7 Å². The molecule has 0 radical (unpaired) electrons. The van der Waals surface area contributed by atoms with Gasteiger partial charge in [-0.25, -0.2) is 4.79 Å². The summed E-state index contributed by atoms with van der Waals surface area (Å²) in [5.74, 6) is 2.05. The van der Waals surface area contributed by atoms with Gasteiger partial charge in [0.25, 0.3) is 0 Å². The Hall–Kier alpha value is -0.770. The van der Waals surface area contributed by atoms with Crippen LogP contribution in [0.4, 0.5) is 4.79 Å². The van der Waals surface area contributed by atoms with Gasteiger partial charge in [-0.15, -0.1) is 0 Å². The molecule has 1 saturated heterocycles. The fourth-order valence-electron chi connectivity index (χ4n) is 3.31. The van der Waals surface area contributed by atoms with E-state index >= 15 is 0 Å². The van der Waals surface area contributed by atoms with E-state index in [9.17, 15) is 9.90 Å². The Labute approximate surface area is 108 Å². The molecule has 0 aromatic rings. The lowest BCUT2D eigenvalue weighted by Crippen LogP contribution is -2.38. The zero-order chi connectivity index (χ0) is 13.1. The van der Waals surface area contributed by atoms with Gasteiger partial charge in [-0.2, -0.15) is 0 Å². The summed E-state index contributed by atoms with van der Waals surface area (Å²) in [7, 11) is 0. The van der Waals surface area contributed by atoms with Crippen LogP contribution in [0.25, 0.3) is 0 Å². The average molecular weight is 253 g/mol. The van der Waals surface area contributed by atoms with Gasteiger partial charge in [0, 0.05) is 13.1 Å². The molecule has 3 aliphatic rings. The molecule has 0 bridgehead atoms. The van der Waals surface area contributed by atoms with Crippen LogP contribution in [0.15, 0.2) is 0 Å². The Morgan fingerprint density at radius 3 is 2.28 bits per heavy atom. The van der Waals surface area contributed by atoms with Crippen molar-refractivity contribution in [2.45, 2.75) is 45.3 Å². The summed E-state index contributed by atoms with van der Waals surface area (Å²) in [6, 6.07) is 0. The van der Waals surface area contributed by atoms with Crippen LogP contribution in [0, 0.1) is 23.7 Å². The molecule has 102 valence electrons. The number of hydrogen-bond donors (Lipinski definition) is 1. The van der Waals surface area contributed by atoms with E-state index in [1.165, 1.54) is 12.8 Å². The number of amides is 1. The molecule has 4 nitrogen and oxygen atoms in total. The quantitative estimate of drug-likeness (QED) is 0.817. The van der Waals surface area contributed by atoms with Crippen molar-refractivity contribution in [1.29, 1.82) is 0 Å². The third kappa shape index (κ3) is 2.22. The largest absolute Gasteiger partial charge is 0.444 e. The first-order chi connectivity index (χ1) is 8.37. The fraction of sp³-hybridized carbons (Fsp3) is 0.929. The van der Waals surface area contributed by atoms with Crippen LogP contribution in [0.1, 0.15) is 33.6 Å². The third-order valence-corrected chi connectivity index (χ3v) is 4.41. The Bertz CT molecular complexity index is 347. The summed E-state index contributed by atoms with van der Waals surface area (Å²) in [5, 5.41) is 10.1. The lowest BCUT2D eigenvalue weighted by Gasteiger charge is -2.26. The second-order valence-electron chi connectivity index (χ2n) is 7.12. The summed E-state index contributed by atoms with van der Waals surface area (Å²) in [5.41, 5.74) is -0.420. The molecule has 1 heterocycles. The molecular formula is C14H23NO3. The highest BCUT2D eigenvalue weighted by molar-refractivity contribution is 5.69. The van der Waals surface area contributed by atoms with Crippen LogP contribution in [0.2, 0.25) is 0 Å². The van der Waals surface area contributed by atoms with E-state index < -0.39 is 5.60 Å². The smallest absolute Gasteiger partial charge is 0.410 e. The summed E-state index contributed by atoms with van der Waals surface area (Å²) in [6.07, 6.45) is 2.06. The Morgan fingerprint density at radius 1 is 1.28 bits per heavy atom. The topological polar surface area (TPSA) is 49.8 Å². The monoisotopic (exact) mass is 253 g/mol. The summed E-state index contributed by atoms with van der Waals surface area (Å²) < 4.78 is 5.37. The van der Waals surface area contributed by atoms with E-state index in [2.05, 4.69) is 0 Å². The molecule has 3 atom stereocenters. The first kappa shape index (κ1) is 12.3. The van der Waals surface area contributed by atoms with Gasteiger partial charge in [0.05, 0.1) is 6.10 Å². The molecule has 3 unspecified atom stereocenters. The summed E-state index contributed by atoms with van der Waals surface area (Å²) in [6.45, 7) is 7.21. The van der Waals surface area contributed by atoms with Gasteiger partial charge in [0.2, 0.25) is 0 Å². The number of rotatable bonds is 2. The molecule has 3 rings (SSSR count). The van der Waals surface area contributed by atoms with Crippen LogP contribution in [0.5, 0.6) is 0 Å². The zero-order valence-corrected chi connectivity index (χ0v) is 11.4. The van der Waals surface area contributed by atoms with Gasteiger partial charge >= 0.3 is 6.09 Å². The molecule has 4 heteroatoms. The Balaban J connectivity index is 1.49. The predicted octanol–water partition coefficient (Wildman–Crippen LogP) is 1.87. The van der Waals surface area contributed by atoms with E-state index in [1.54, 1.807) is 4.90 Å². The fourth-order valence-corrected chi connectivity index (χ4v) is 3.31. The third-order valence-electron chi connectivity index (χ3n) is 4.41. The molecule has 2 saturated carbocycles. The van der Waals surface area contributed by atoms with Crippen molar-refractivity contribution in [2.24, 2.45) is 23.7 Å². The minimum atomic E-state index is -0.420. The van der Waals surface area contributed by atoms with Crippen LogP contribution >= 0.6 is 0 Å². The number of ether oxygens (including phenoxy) is 1. The molecule has 0 spiro atoms. The molecule has 2 aliphatic carbocycles. The highest BCUT2D eigenvalue weighted by atomic mass is 16.6. The lowest BCUT2D eigenvalue weighted by atomic mass is 10.1. The molecule has 1 aliphatic heterocycles. The van der Waals surface area contributed by atoms with E-state index in [0.29, 0.717) is 23.7 Å². The molecule has 0 aromatic carbocycles. The molecule has 3 fully saturated rings. The van der Waals surface area contributed by atoms with Crippen molar-refractivity contribution in [3.63, 3.8) is 0 Å². The van der Waals surface area contributed by atoms with E-state index in [-0.39, 0.29) is 12.2 Å². The second-order valence-corrected chi connectivity index (χ2v) is 7.12. The molecule has 1 N–H and O–H groups in total. The highest BCUT2D eigenvalue weighted by Crippen LogP contribution is 2.57. The number of likely N-dealkylation sites (tertiary alicyclic amines) is 1. The van der Waals surface area contributed by atoms with E-state index in [0.717, 1.165) is 13.1 Å². The van der Waals surface area contributed by atoms with Crippen LogP contribution in [-0.4, -0.2) is 40.9 Å². The van der Waals surface area contributed by atoms with Crippen molar-refractivity contribution < 1.29 is 14.6 Å². The molecule has 18 heavy (non-hydrogen) atoms. The lowest BCUT2D eigenvalue weighted by molar-refractivity contribution is 0.0235. The van der Waals surface area contributed by atoms with Gasteiger partial charge in [0.15, 0.2) is 0 Å². The maximum Gasteiger partial charge on any atom is 0.410 e. The van der Waals surface area contributed by atoms with Gasteiger partial charge in [-0.05, 0) is 57.3 Å². The van der Waals surface area contributed by atoms with Crippen molar-refractivity contribution in [3.05, 3.63) is 0 Å². The standard InChI is InChI=1S/C14H23NO3/c1-14(2,3)18-13(17)15-6-9-10(7-15)11(9)12(16)8-4-5-8/h8-12,16H,4-7H2,1-3H3. The molecule has 1 amide bonds. The van der Waals surface area contributed by atoms with Crippen LogP contribution in [0.3, 0.4) is 0 Å². The van der Waals surface area contributed by atoms with Gasteiger partial charge in [0.1, 0.15) is 5.60 Å². The number of carbonyl (C=O) groups excluding carboxylic acids is 1. The SMILES string of the molecule is CC(C)(C)OC(=O)N1CC2C(C1)C2C(O)C1CC1. The summed E-state index contributed by atoms with van der Waals surface area (Å²) in [4.78, 5) is 13.7. The van der Waals surface area contributed by atoms with Gasteiger partial charge in [-0.3, -0.25) is 0 Å². The Kier molecular flexibility index (Phi) is 2.63. The molecule has 0 aromatic heterocycles. The maximum absolute atomic E-state index is 11.9. The maximum atomic E-state index is 11.9.